The fourth-order valence-corrected chi connectivity index (χ4v) is 3.66. The predicted octanol–water partition coefficient (Wildman–Crippen LogP) is 3.14. The molecule has 1 fully saturated rings. The molecule has 0 spiro atoms. The maximum Gasteiger partial charge on any atom is 0.358 e. The summed E-state index contributed by atoms with van der Waals surface area (Å²) in [4.78, 5) is 23.2. The molecule has 0 radical (unpaired) electrons. The first-order valence-electron chi connectivity index (χ1n) is 9.64. The number of likely N-dealkylation sites (tertiary alicyclic amines) is 1. The normalized spacial score (nSPS) is 20.0. The van der Waals surface area contributed by atoms with E-state index in [2.05, 4.69) is 34.2 Å². The number of carbonyl (C=O) groups excluding carboxylic acids is 1. The van der Waals surface area contributed by atoms with Crippen molar-refractivity contribution in [1.29, 1.82) is 0 Å². The first-order chi connectivity index (χ1) is 13.5. The number of carbonyl (C=O) groups is 1. The molecule has 0 bridgehead atoms. The van der Waals surface area contributed by atoms with Crippen molar-refractivity contribution in [3.05, 3.63) is 53.2 Å². The van der Waals surface area contributed by atoms with Gasteiger partial charge in [-0.1, -0.05) is 25.5 Å². The number of piperidine rings is 1. The Hall–Kier alpha value is -2.54. The molecular formula is C21H27FN4O2. The van der Waals surface area contributed by atoms with Crippen LogP contribution >= 0.6 is 0 Å². The Morgan fingerprint density at radius 3 is 2.79 bits per heavy atom. The highest BCUT2D eigenvalue weighted by molar-refractivity contribution is 5.87. The number of hydrogen-bond donors (Lipinski definition) is 1. The molecule has 0 unspecified atom stereocenters. The molecule has 1 aliphatic rings. The molecule has 1 aromatic carbocycles. The first-order valence-corrected chi connectivity index (χ1v) is 9.64. The van der Waals surface area contributed by atoms with Gasteiger partial charge in [-0.3, -0.25) is 0 Å². The topological polar surface area (TPSA) is 67.4 Å². The van der Waals surface area contributed by atoms with Crippen LogP contribution in [0.15, 0.2) is 30.5 Å². The second kappa shape index (κ2) is 9.10. The van der Waals surface area contributed by atoms with Gasteiger partial charge < -0.3 is 15.0 Å². The fraction of sp³-hybridized carbons (Fsp3) is 0.476. The number of rotatable bonds is 6. The molecule has 6 nitrogen and oxygen atoms in total. The van der Waals surface area contributed by atoms with Gasteiger partial charge in [0.25, 0.3) is 0 Å². The van der Waals surface area contributed by atoms with E-state index in [0.29, 0.717) is 29.9 Å². The van der Waals surface area contributed by atoms with E-state index in [4.69, 9.17) is 4.74 Å². The highest BCUT2D eigenvalue weighted by Gasteiger charge is 2.27. The lowest BCUT2D eigenvalue weighted by Crippen LogP contribution is -2.44. The summed E-state index contributed by atoms with van der Waals surface area (Å²) in [5.41, 5.74) is 1.72. The van der Waals surface area contributed by atoms with Crippen LogP contribution in [-0.4, -0.2) is 54.1 Å². The van der Waals surface area contributed by atoms with E-state index in [1.165, 1.54) is 25.4 Å². The lowest BCUT2D eigenvalue weighted by molar-refractivity contribution is 0.0593. The number of esters is 1. The van der Waals surface area contributed by atoms with Crippen LogP contribution in [0.4, 0.5) is 10.2 Å². The molecule has 0 amide bonds. The van der Waals surface area contributed by atoms with E-state index >= 15 is 0 Å². The molecule has 150 valence electrons. The zero-order chi connectivity index (χ0) is 20.1. The largest absolute Gasteiger partial charge is 0.464 e. The lowest BCUT2D eigenvalue weighted by Gasteiger charge is -2.37. The molecule has 2 aromatic rings. The Bertz CT molecular complexity index is 813. The average molecular weight is 386 g/mol. The summed E-state index contributed by atoms with van der Waals surface area (Å²) >= 11 is 0. The Morgan fingerprint density at radius 2 is 2.11 bits per heavy atom. The number of aromatic nitrogens is 2. The Balaban J connectivity index is 1.88. The number of ether oxygens (including phenoxy) is 1. The van der Waals surface area contributed by atoms with E-state index in [-0.39, 0.29) is 11.5 Å². The molecule has 28 heavy (non-hydrogen) atoms. The van der Waals surface area contributed by atoms with Gasteiger partial charge in [0.05, 0.1) is 19.0 Å². The minimum absolute atomic E-state index is 0.167. The standard InChI is InChI=1S/C21H27FN4O2/c1-4-15-13-26(2)10-9-17(15)25-20-18(11-14-5-7-16(22)8-6-14)24-19(12-23-20)21(27)28-3/h5-8,12,15,17H,4,9-11,13H2,1-3H3,(H,23,25)/t15-,17-/m0/s1. The highest BCUT2D eigenvalue weighted by Crippen LogP contribution is 2.25. The third kappa shape index (κ3) is 4.84. The molecule has 1 N–H and O–H groups in total. The number of nitrogens with one attached hydrogen (secondary N) is 1. The number of nitrogens with zero attached hydrogens (tertiary/aromatic N) is 3. The minimum Gasteiger partial charge on any atom is -0.464 e. The van der Waals surface area contributed by atoms with E-state index in [9.17, 15) is 9.18 Å². The summed E-state index contributed by atoms with van der Waals surface area (Å²) in [5, 5.41) is 3.56. The average Bonchev–Trinajstić information content (AvgIpc) is 2.71. The van der Waals surface area contributed by atoms with Crippen LogP contribution in [0.5, 0.6) is 0 Å². The Morgan fingerprint density at radius 1 is 1.36 bits per heavy atom. The van der Waals surface area contributed by atoms with Crippen LogP contribution in [0.1, 0.15) is 41.5 Å². The smallest absolute Gasteiger partial charge is 0.358 e. The molecule has 1 saturated heterocycles. The molecule has 0 saturated carbocycles. The van der Waals surface area contributed by atoms with Crippen LogP contribution in [0.3, 0.4) is 0 Å². The number of halogens is 1. The van der Waals surface area contributed by atoms with Crippen LogP contribution in [0.2, 0.25) is 0 Å². The zero-order valence-electron chi connectivity index (χ0n) is 16.6. The molecule has 1 aromatic heterocycles. The van der Waals surface area contributed by atoms with Gasteiger partial charge in [0.1, 0.15) is 11.6 Å². The van der Waals surface area contributed by atoms with Gasteiger partial charge in [-0.2, -0.15) is 0 Å². The summed E-state index contributed by atoms with van der Waals surface area (Å²) in [5.74, 6) is 0.378. The van der Waals surface area contributed by atoms with Gasteiger partial charge in [-0.05, 0) is 43.6 Å². The van der Waals surface area contributed by atoms with Gasteiger partial charge in [0, 0.05) is 19.0 Å². The third-order valence-electron chi connectivity index (χ3n) is 5.31. The molecule has 0 aliphatic carbocycles. The molecule has 2 atom stereocenters. The van der Waals surface area contributed by atoms with Crippen molar-refractivity contribution in [2.75, 3.05) is 32.6 Å². The first kappa shape index (κ1) is 20.2. The molecule has 2 heterocycles. The van der Waals surface area contributed by atoms with Crippen LogP contribution in [-0.2, 0) is 11.2 Å². The number of hydrogen-bond acceptors (Lipinski definition) is 6. The third-order valence-corrected chi connectivity index (χ3v) is 5.31. The van der Waals surface area contributed by atoms with Gasteiger partial charge in [0.2, 0.25) is 0 Å². The van der Waals surface area contributed by atoms with E-state index in [0.717, 1.165) is 31.5 Å². The quantitative estimate of drug-likeness (QED) is 0.770. The molecule has 1 aliphatic heterocycles. The SMILES string of the molecule is CC[C@H]1CN(C)CC[C@@H]1Nc1ncc(C(=O)OC)nc1Cc1ccc(F)cc1. The fourth-order valence-electron chi connectivity index (χ4n) is 3.66. The number of anilines is 1. The van der Waals surface area contributed by atoms with E-state index in [1.54, 1.807) is 12.1 Å². The summed E-state index contributed by atoms with van der Waals surface area (Å²) in [6, 6.07) is 6.58. The molecule has 7 heteroatoms. The minimum atomic E-state index is -0.523. The van der Waals surface area contributed by atoms with Crippen molar-refractivity contribution in [3.63, 3.8) is 0 Å². The maximum atomic E-state index is 13.2. The van der Waals surface area contributed by atoms with Crippen LogP contribution < -0.4 is 5.32 Å². The van der Waals surface area contributed by atoms with Gasteiger partial charge >= 0.3 is 5.97 Å². The summed E-state index contributed by atoms with van der Waals surface area (Å²) < 4.78 is 18.0. The monoisotopic (exact) mass is 386 g/mol. The van der Waals surface area contributed by atoms with Gasteiger partial charge in [-0.15, -0.1) is 0 Å². The van der Waals surface area contributed by atoms with Crippen molar-refractivity contribution in [3.8, 4) is 0 Å². The number of methoxy groups -OCH3 is 1. The van der Waals surface area contributed by atoms with Crippen molar-refractivity contribution >= 4 is 11.8 Å². The predicted molar refractivity (Wildman–Crippen MR) is 106 cm³/mol. The summed E-state index contributed by atoms with van der Waals surface area (Å²) in [7, 11) is 3.46. The second-order valence-electron chi connectivity index (χ2n) is 7.32. The number of benzene rings is 1. The van der Waals surface area contributed by atoms with Crippen molar-refractivity contribution in [1.82, 2.24) is 14.9 Å². The van der Waals surface area contributed by atoms with E-state index < -0.39 is 5.97 Å². The Labute approximate surface area is 165 Å². The summed E-state index contributed by atoms with van der Waals surface area (Å²) in [6.07, 6.45) is 3.98. The second-order valence-corrected chi connectivity index (χ2v) is 7.32. The molecule has 3 rings (SSSR count). The van der Waals surface area contributed by atoms with Crippen molar-refractivity contribution in [2.24, 2.45) is 5.92 Å². The van der Waals surface area contributed by atoms with Crippen molar-refractivity contribution in [2.45, 2.75) is 32.2 Å². The maximum absolute atomic E-state index is 13.2. The Kier molecular flexibility index (Phi) is 6.57. The van der Waals surface area contributed by atoms with E-state index in [1.807, 2.05) is 0 Å². The lowest BCUT2D eigenvalue weighted by atomic mass is 9.90. The van der Waals surface area contributed by atoms with Gasteiger partial charge in [-0.25, -0.2) is 19.2 Å². The summed E-state index contributed by atoms with van der Waals surface area (Å²) in [6.45, 7) is 4.26. The zero-order valence-corrected chi connectivity index (χ0v) is 16.6. The highest BCUT2D eigenvalue weighted by atomic mass is 19.1. The van der Waals surface area contributed by atoms with Crippen LogP contribution in [0.25, 0.3) is 0 Å². The van der Waals surface area contributed by atoms with Crippen LogP contribution in [0, 0.1) is 11.7 Å². The van der Waals surface area contributed by atoms with Crippen molar-refractivity contribution < 1.29 is 13.9 Å². The van der Waals surface area contributed by atoms with Gasteiger partial charge in [0.15, 0.2) is 5.69 Å². The molecular weight excluding hydrogens is 359 g/mol.